The van der Waals surface area contributed by atoms with Crippen LogP contribution in [0.25, 0.3) is 0 Å². The molecule has 5 heteroatoms. The number of likely N-dealkylation sites (tertiary alicyclic amines) is 1. The highest BCUT2D eigenvalue weighted by atomic mass is 32.1. The zero-order valence-corrected chi connectivity index (χ0v) is 13.6. The first-order chi connectivity index (χ1) is 10.7. The van der Waals surface area contributed by atoms with E-state index in [0.29, 0.717) is 17.9 Å². The van der Waals surface area contributed by atoms with E-state index < -0.39 is 0 Å². The van der Waals surface area contributed by atoms with Crippen LogP contribution in [0.5, 0.6) is 0 Å². The second-order valence-corrected chi connectivity index (χ2v) is 7.77. The number of rotatable bonds is 4. The van der Waals surface area contributed by atoms with Gasteiger partial charge in [-0.15, -0.1) is 11.3 Å². The van der Waals surface area contributed by atoms with Gasteiger partial charge in [-0.1, -0.05) is 0 Å². The Morgan fingerprint density at radius 3 is 3.09 bits per heavy atom. The number of aromatic nitrogens is 2. The molecule has 3 atom stereocenters. The summed E-state index contributed by atoms with van der Waals surface area (Å²) in [6.45, 7) is 3.87. The van der Waals surface area contributed by atoms with Gasteiger partial charge in [-0.25, -0.2) is 0 Å². The summed E-state index contributed by atoms with van der Waals surface area (Å²) in [4.78, 5) is 17.7. The Hall–Kier alpha value is -1.62. The van der Waals surface area contributed by atoms with Gasteiger partial charge in [0, 0.05) is 40.5 Å². The molecular weight excluding hydrogens is 294 g/mol. The fourth-order valence-electron chi connectivity index (χ4n) is 3.59. The van der Waals surface area contributed by atoms with Gasteiger partial charge in [0.1, 0.15) is 0 Å². The molecule has 2 aromatic heterocycles. The Morgan fingerprint density at radius 2 is 2.36 bits per heavy atom. The van der Waals surface area contributed by atoms with Crippen LogP contribution in [0.2, 0.25) is 0 Å². The van der Waals surface area contributed by atoms with E-state index in [2.05, 4.69) is 29.1 Å². The molecule has 0 unspecified atom stereocenters. The molecule has 0 N–H and O–H groups in total. The molecule has 1 aliphatic carbocycles. The molecule has 2 fully saturated rings. The molecule has 0 spiro atoms. The molecule has 1 saturated carbocycles. The average molecular weight is 315 g/mol. The molecule has 1 amide bonds. The second-order valence-electron chi connectivity index (χ2n) is 6.45. The van der Waals surface area contributed by atoms with Gasteiger partial charge in [-0.05, 0) is 44.4 Å². The standard InChI is InChI=1S/C17H21N3OS/c1-12-5-6-16(22-12)14-10-15(14)17(21)20-9-2-4-13(20)11-19-8-3-7-18-19/h3,5-8,13-15H,2,4,9-11H2,1H3/t13-,14+,15+/m0/s1. The lowest BCUT2D eigenvalue weighted by Crippen LogP contribution is -2.39. The van der Waals surface area contributed by atoms with Crippen LogP contribution in [-0.4, -0.2) is 33.2 Å². The van der Waals surface area contributed by atoms with Gasteiger partial charge in [0.15, 0.2) is 0 Å². The highest BCUT2D eigenvalue weighted by Crippen LogP contribution is 2.51. The molecule has 0 aromatic carbocycles. The van der Waals surface area contributed by atoms with Crippen molar-refractivity contribution in [3.05, 3.63) is 40.3 Å². The maximum absolute atomic E-state index is 12.8. The van der Waals surface area contributed by atoms with E-state index in [1.54, 1.807) is 6.20 Å². The third-order valence-corrected chi connectivity index (χ3v) is 5.98. The molecule has 4 rings (SSSR count). The summed E-state index contributed by atoms with van der Waals surface area (Å²) in [6.07, 6.45) is 7.03. The smallest absolute Gasteiger partial charge is 0.226 e. The van der Waals surface area contributed by atoms with E-state index in [1.807, 2.05) is 28.3 Å². The normalized spacial score (nSPS) is 27.3. The Balaban J connectivity index is 1.42. The van der Waals surface area contributed by atoms with E-state index in [1.165, 1.54) is 9.75 Å². The van der Waals surface area contributed by atoms with Crippen LogP contribution < -0.4 is 0 Å². The zero-order chi connectivity index (χ0) is 15.1. The number of carbonyl (C=O) groups is 1. The van der Waals surface area contributed by atoms with Crippen molar-refractivity contribution in [2.45, 2.75) is 44.7 Å². The fraction of sp³-hybridized carbons (Fsp3) is 0.529. The summed E-state index contributed by atoms with van der Waals surface area (Å²) in [5, 5.41) is 4.28. The highest BCUT2D eigenvalue weighted by Gasteiger charge is 2.48. The van der Waals surface area contributed by atoms with Crippen molar-refractivity contribution >= 4 is 17.2 Å². The minimum Gasteiger partial charge on any atom is -0.338 e. The Kier molecular flexibility index (Phi) is 3.53. The van der Waals surface area contributed by atoms with E-state index in [-0.39, 0.29) is 5.92 Å². The van der Waals surface area contributed by atoms with Crippen LogP contribution in [0.4, 0.5) is 0 Å². The van der Waals surface area contributed by atoms with Crippen molar-refractivity contribution in [1.82, 2.24) is 14.7 Å². The summed E-state index contributed by atoms with van der Waals surface area (Å²) < 4.78 is 1.95. The quantitative estimate of drug-likeness (QED) is 0.870. The number of aryl methyl sites for hydroxylation is 1. The van der Waals surface area contributed by atoms with Crippen LogP contribution in [0.3, 0.4) is 0 Å². The van der Waals surface area contributed by atoms with E-state index in [4.69, 9.17) is 0 Å². The lowest BCUT2D eigenvalue weighted by molar-refractivity contribution is -0.133. The number of nitrogens with zero attached hydrogens (tertiary/aromatic N) is 3. The summed E-state index contributed by atoms with van der Waals surface area (Å²) in [5.41, 5.74) is 0. The molecule has 22 heavy (non-hydrogen) atoms. The molecular formula is C17H21N3OS. The van der Waals surface area contributed by atoms with Crippen molar-refractivity contribution in [3.63, 3.8) is 0 Å². The molecule has 0 bridgehead atoms. The molecule has 2 aromatic rings. The molecule has 3 heterocycles. The van der Waals surface area contributed by atoms with Crippen LogP contribution in [0.1, 0.15) is 34.9 Å². The number of hydrogen-bond acceptors (Lipinski definition) is 3. The number of amides is 1. The van der Waals surface area contributed by atoms with Crippen molar-refractivity contribution < 1.29 is 4.79 Å². The SMILES string of the molecule is Cc1ccc([C@@H]2C[C@H]2C(=O)N2CCC[C@H]2Cn2cccn2)s1. The molecule has 2 aliphatic rings. The van der Waals surface area contributed by atoms with Crippen LogP contribution in [-0.2, 0) is 11.3 Å². The van der Waals surface area contributed by atoms with Crippen LogP contribution >= 0.6 is 11.3 Å². The zero-order valence-electron chi connectivity index (χ0n) is 12.8. The maximum Gasteiger partial charge on any atom is 0.226 e. The summed E-state index contributed by atoms with van der Waals surface area (Å²) in [6, 6.07) is 6.62. The first-order valence-corrected chi connectivity index (χ1v) is 8.88. The molecule has 116 valence electrons. The van der Waals surface area contributed by atoms with Crippen LogP contribution in [0.15, 0.2) is 30.6 Å². The van der Waals surface area contributed by atoms with Crippen molar-refractivity contribution in [3.8, 4) is 0 Å². The van der Waals surface area contributed by atoms with Gasteiger partial charge < -0.3 is 4.90 Å². The van der Waals surface area contributed by atoms with Gasteiger partial charge >= 0.3 is 0 Å². The Labute approximate surface area is 134 Å². The Bertz CT molecular complexity index is 663. The summed E-state index contributed by atoms with van der Waals surface area (Å²) in [5.74, 6) is 1.05. The first kappa shape index (κ1) is 14.0. The third kappa shape index (κ3) is 2.58. The number of carbonyl (C=O) groups excluding carboxylic acids is 1. The molecule has 4 nitrogen and oxygen atoms in total. The number of hydrogen-bond donors (Lipinski definition) is 0. The van der Waals surface area contributed by atoms with E-state index >= 15 is 0 Å². The molecule has 1 saturated heterocycles. The Morgan fingerprint density at radius 1 is 1.45 bits per heavy atom. The minimum absolute atomic E-state index is 0.219. The first-order valence-electron chi connectivity index (χ1n) is 8.06. The minimum atomic E-state index is 0.219. The van der Waals surface area contributed by atoms with Crippen molar-refractivity contribution in [2.75, 3.05) is 6.54 Å². The van der Waals surface area contributed by atoms with Gasteiger partial charge in [0.25, 0.3) is 0 Å². The lowest BCUT2D eigenvalue weighted by atomic mass is 10.2. The highest BCUT2D eigenvalue weighted by molar-refractivity contribution is 7.12. The second kappa shape index (κ2) is 5.54. The molecule has 1 aliphatic heterocycles. The monoisotopic (exact) mass is 315 g/mol. The maximum atomic E-state index is 12.8. The molecule has 0 radical (unpaired) electrons. The number of thiophene rings is 1. The summed E-state index contributed by atoms with van der Waals surface area (Å²) in [7, 11) is 0. The van der Waals surface area contributed by atoms with Crippen molar-refractivity contribution in [2.24, 2.45) is 5.92 Å². The van der Waals surface area contributed by atoms with Gasteiger partial charge in [-0.2, -0.15) is 5.10 Å². The third-order valence-electron chi connectivity index (χ3n) is 4.85. The van der Waals surface area contributed by atoms with Gasteiger partial charge in [0.2, 0.25) is 5.91 Å². The fourth-order valence-corrected chi connectivity index (χ4v) is 4.64. The van der Waals surface area contributed by atoms with Gasteiger partial charge in [0.05, 0.1) is 12.6 Å². The topological polar surface area (TPSA) is 38.1 Å². The average Bonchev–Trinajstić information content (AvgIpc) is 2.91. The lowest BCUT2D eigenvalue weighted by Gasteiger charge is -2.25. The van der Waals surface area contributed by atoms with Crippen LogP contribution in [0, 0.1) is 12.8 Å². The predicted molar refractivity (Wildman–Crippen MR) is 86.9 cm³/mol. The van der Waals surface area contributed by atoms with Gasteiger partial charge in [-0.3, -0.25) is 9.48 Å². The summed E-state index contributed by atoms with van der Waals surface area (Å²) >= 11 is 1.84. The van der Waals surface area contributed by atoms with E-state index in [0.717, 1.165) is 32.4 Å². The van der Waals surface area contributed by atoms with E-state index in [9.17, 15) is 4.79 Å². The predicted octanol–water partition coefficient (Wildman–Crippen LogP) is 3.05. The van der Waals surface area contributed by atoms with Crippen molar-refractivity contribution in [1.29, 1.82) is 0 Å². The largest absolute Gasteiger partial charge is 0.338 e.